The van der Waals surface area contributed by atoms with Crippen LogP contribution in [0.1, 0.15) is 24.7 Å². The second kappa shape index (κ2) is 6.65. The summed E-state index contributed by atoms with van der Waals surface area (Å²) in [4.78, 5) is 4.16. The maximum atomic E-state index is 13.1. The van der Waals surface area contributed by atoms with Crippen LogP contribution in [0.4, 0.5) is 4.39 Å². The van der Waals surface area contributed by atoms with Gasteiger partial charge in [-0.15, -0.1) is 0 Å². The number of benzene rings is 1. The van der Waals surface area contributed by atoms with Gasteiger partial charge in [-0.1, -0.05) is 22.9 Å². The van der Waals surface area contributed by atoms with E-state index in [1.807, 2.05) is 4.68 Å². The molecule has 0 saturated heterocycles. The van der Waals surface area contributed by atoms with Crippen LogP contribution in [0.15, 0.2) is 24.5 Å². The largest absolute Gasteiger partial charge is 0.485 e. The van der Waals surface area contributed by atoms with Gasteiger partial charge in [0, 0.05) is 17.4 Å². The molecule has 19 heavy (non-hydrogen) atoms. The first-order valence-electron chi connectivity index (χ1n) is 6.08. The maximum absolute atomic E-state index is 13.1. The zero-order valence-electron chi connectivity index (χ0n) is 10.6. The first-order chi connectivity index (χ1) is 9.24. The van der Waals surface area contributed by atoms with E-state index in [9.17, 15) is 4.39 Å². The van der Waals surface area contributed by atoms with Crippen molar-refractivity contribution in [1.29, 1.82) is 0 Å². The van der Waals surface area contributed by atoms with Gasteiger partial charge in [-0.2, -0.15) is 5.10 Å². The first kappa shape index (κ1) is 14.0. The highest BCUT2D eigenvalue weighted by Crippen LogP contribution is 2.23. The van der Waals surface area contributed by atoms with Gasteiger partial charge < -0.3 is 4.74 Å². The summed E-state index contributed by atoms with van der Waals surface area (Å²) in [7, 11) is 0. The quantitative estimate of drug-likeness (QED) is 0.764. The third-order valence-electron chi connectivity index (χ3n) is 2.65. The molecular formula is C13H15BrFN3O. The van der Waals surface area contributed by atoms with Crippen LogP contribution in [0.25, 0.3) is 0 Å². The lowest BCUT2D eigenvalue weighted by Gasteiger charge is -2.10. The molecule has 1 aromatic heterocycles. The summed E-state index contributed by atoms with van der Waals surface area (Å²) in [5.74, 6) is 1.16. The van der Waals surface area contributed by atoms with Crippen LogP contribution >= 0.6 is 15.9 Å². The van der Waals surface area contributed by atoms with Crippen molar-refractivity contribution in [3.63, 3.8) is 0 Å². The Hall–Kier alpha value is -1.43. The SMILES string of the molecule is CCCn1ncnc1COc1ccc(F)cc1CBr. The summed E-state index contributed by atoms with van der Waals surface area (Å²) in [5, 5.41) is 4.67. The minimum absolute atomic E-state index is 0.268. The maximum Gasteiger partial charge on any atom is 0.164 e. The first-order valence-corrected chi connectivity index (χ1v) is 7.20. The van der Waals surface area contributed by atoms with Crippen molar-refractivity contribution in [3.05, 3.63) is 41.7 Å². The molecule has 0 amide bonds. The molecule has 0 aliphatic carbocycles. The number of aromatic nitrogens is 3. The van der Waals surface area contributed by atoms with E-state index >= 15 is 0 Å². The van der Waals surface area contributed by atoms with E-state index < -0.39 is 0 Å². The van der Waals surface area contributed by atoms with Crippen LogP contribution in [-0.4, -0.2) is 14.8 Å². The fourth-order valence-corrected chi connectivity index (χ4v) is 2.17. The van der Waals surface area contributed by atoms with E-state index in [1.54, 1.807) is 6.07 Å². The van der Waals surface area contributed by atoms with Gasteiger partial charge in [-0.3, -0.25) is 0 Å². The summed E-state index contributed by atoms with van der Waals surface area (Å²) in [6.45, 7) is 3.22. The third-order valence-corrected chi connectivity index (χ3v) is 3.26. The van der Waals surface area contributed by atoms with Gasteiger partial charge in [0.15, 0.2) is 5.82 Å². The molecule has 0 N–H and O–H groups in total. The van der Waals surface area contributed by atoms with Crippen LogP contribution in [-0.2, 0) is 18.5 Å². The molecule has 0 fully saturated rings. The Morgan fingerprint density at radius 3 is 3.00 bits per heavy atom. The molecule has 0 aliphatic rings. The molecule has 102 valence electrons. The lowest BCUT2D eigenvalue weighted by Crippen LogP contribution is -2.09. The highest BCUT2D eigenvalue weighted by Gasteiger charge is 2.08. The number of halogens is 2. The Morgan fingerprint density at radius 1 is 1.42 bits per heavy atom. The Bertz CT molecular complexity index is 544. The van der Waals surface area contributed by atoms with Gasteiger partial charge in [0.25, 0.3) is 0 Å². The van der Waals surface area contributed by atoms with Crippen molar-refractivity contribution >= 4 is 15.9 Å². The number of hydrogen-bond acceptors (Lipinski definition) is 3. The van der Waals surface area contributed by atoms with Crippen molar-refractivity contribution in [3.8, 4) is 5.75 Å². The number of aryl methyl sites for hydroxylation is 1. The predicted molar refractivity (Wildman–Crippen MR) is 73.7 cm³/mol. The summed E-state index contributed by atoms with van der Waals surface area (Å²) in [6.07, 6.45) is 2.50. The fourth-order valence-electron chi connectivity index (χ4n) is 1.73. The van der Waals surface area contributed by atoms with Crippen LogP contribution in [0.5, 0.6) is 5.75 Å². The number of hydrogen-bond donors (Lipinski definition) is 0. The molecule has 0 unspecified atom stereocenters. The van der Waals surface area contributed by atoms with E-state index in [0.717, 1.165) is 24.4 Å². The smallest absolute Gasteiger partial charge is 0.164 e. The van der Waals surface area contributed by atoms with Gasteiger partial charge in [-0.05, 0) is 24.6 Å². The molecule has 0 atom stereocenters. The molecule has 2 aromatic rings. The lowest BCUT2D eigenvalue weighted by atomic mass is 10.2. The number of nitrogens with zero attached hydrogens (tertiary/aromatic N) is 3. The van der Waals surface area contributed by atoms with Gasteiger partial charge in [-0.25, -0.2) is 14.1 Å². The van der Waals surface area contributed by atoms with Crippen molar-refractivity contribution < 1.29 is 9.13 Å². The molecule has 0 radical (unpaired) electrons. The third kappa shape index (κ3) is 3.53. The lowest BCUT2D eigenvalue weighted by molar-refractivity contribution is 0.283. The average Bonchev–Trinajstić information content (AvgIpc) is 2.85. The van der Waals surface area contributed by atoms with Gasteiger partial charge >= 0.3 is 0 Å². The Kier molecular flexibility index (Phi) is 4.90. The monoisotopic (exact) mass is 327 g/mol. The fraction of sp³-hybridized carbons (Fsp3) is 0.385. The molecule has 4 nitrogen and oxygen atoms in total. The minimum Gasteiger partial charge on any atom is -0.485 e. The van der Waals surface area contributed by atoms with Gasteiger partial charge in [0.1, 0.15) is 24.5 Å². The zero-order chi connectivity index (χ0) is 13.7. The van der Waals surface area contributed by atoms with Crippen LogP contribution < -0.4 is 4.74 Å². The molecule has 6 heteroatoms. The summed E-state index contributed by atoms with van der Waals surface area (Å²) >= 11 is 3.32. The van der Waals surface area contributed by atoms with Crippen LogP contribution in [0.3, 0.4) is 0 Å². The van der Waals surface area contributed by atoms with Gasteiger partial charge in [0.05, 0.1) is 0 Å². The van der Waals surface area contributed by atoms with Crippen LogP contribution in [0.2, 0.25) is 0 Å². The van der Waals surface area contributed by atoms with Crippen molar-refractivity contribution in [2.75, 3.05) is 0 Å². The summed E-state index contributed by atoms with van der Waals surface area (Å²) in [6, 6.07) is 4.48. The molecule has 1 heterocycles. The predicted octanol–water partition coefficient (Wildman–Crippen LogP) is 3.30. The van der Waals surface area contributed by atoms with Gasteiger partial charge in [0.2, 0.25) is 0 Å². The second-order valence-corrected chi connectivity index (χ2v) is 4.63. The summed E-state index contributed by atoms with van der Waals surface area (Å²) in [5.41, 5.74) is 0.779. The van der Waals surface area contributed by atoms with E-state index in [0.29, 0.717) is 17.7 Å². The summed E-state index contributed by atoms with van der Waals surface area (Å²) < 4.78 is 20.6. The van der Waals surface area contributed by atoms with E-state index in [-0.39, 0.29) is 5.82 Å². The normalized spacial score (nSPS) is 10.7. The van der Waals surface area contributed by atoms with Crippen LogP contribution in [0, 0.1) is 5.82 Å². The Morgan fingerprint density at radius 2 is 2.26 bits per heavy atom. The molecule has 0 saturated carbocycles. The van der Waals surface area contributed by atoms with Crippen molar-refractivity contribution in [1.82, 2.24) is 14.8 Å². The Balaban J connectivity index is 2.07. The molecule has 0 spiro atoms. The number of rotatable bonds is 6. The standard InChI is InChI=1S/C13H15BrFN3O/c1-2-5-18-13(16-9-17-18)8-19-12-4-3-11(15)6-10(12)7-14/h3-4,6,9H,2,5,7-8H2,1H3. The second-order valence-electron chi connectivity index (χ2n) is 4.07. The number of ether oxygens (including phenoxy) is 1. The van der Waals surface area contributed by atoms with E-state index in [1.165, 1.54) is 18.5 Å². The van der Waals surface area contributed by atoms with E-state index in [4.69, 9.17) is 4.74 Å². The molecule has 2 rings (SSSR count). The minimum atomic E-state index is -0.268. The zero-order valence-corrected chi connectivity index (χ0v) is 12.2. The Labute approximate surface area is 119 Å². The van der Waals surface area contributed by atoms with E-state index in [2.05, 4.69) is 32.9 Å². The highest BCUT2D eigenvalue weighted by molar-refractivity contribution is 9.08. The number of alkyl halides is 1. The molecule has 0 bridgehead atoms. The molecular weight excluding hydrogens is 313 g/mol. The van der Waals surface area contributed by atoms with Crippen molar-refractivity contribution in [2.45, 2.75) is 31.8 Å². The van der Waals surface area contributed by atoms with Crippen molar-refractivity contribution in [2.24, 2.45) is 0 Å². The molecule has 0 aliphatic heterocycles. The topological polar surface area (TPSA) is 39.9 Å². The molecule has 1 aromatic carbocycles. The highest BCUT2D eigenvalue weighted by atomic mass is 79.9. The average molecular weight is 328 g/mol.